The number of imide groups is 1. The van der Waals surface area contributed by atoms with E-state index in [-0.39, 0.29) is 23.0 Å². The Bertz CT molecular complexity index is 844. The first-order chi connectivity index (χ1) is 12.0. The molecule has 1 aliphatic rings. The molecule has 0 fully saturated rings. The zero-order valence-electron chi connectivity index (χ0n) is 13.5. The average molecular weight is 360 g/mol. The van der Waals surface area contributed by atoms with Gasteiger partial charge in [0.1, 0.15) is 16.6 Å². The van der Waals surface area contributed by atoms with E-state index in [2.05, 4.69) is 0 Å². The van der Waals surface area contributed by atoms with Crippen LogP contribution < -0.4 is 4.74 Å². The number of hydrogen-bond donors (Lipinski definition) is 0. The Morgan fingerprint density at radius 1 is 1.00 bits per heavy atom. The molecule has 2 aromatic carbocycles. The van der Waals surface area contributed by atoms with Crippen LogP contribution in [0.25, 0.3) is 5.57 Å². The first-order valence-corrected chi connectivity index (χ1v) is 8.04. The maximum Gasteiger partial charge on any atom is 0.273 e. The number of nitrogens with zero attached hydrogens (tertiary/aromatic N) is 1. The number of halogens is 2. The zero-order chi connectivity index (χ0) is 18.0. The van der Waals surface area contributed by atoms with Gasteiger partial charge in [-0.1, -0.05) is 35.9 Å². The molecule has 0 spiro atoms. The van der Waals surface area contributed by atoms with E-state index >= 15 is 0 Å². The Kier molecular flexibility index (Phi) is 4.86. The smallest absolute Gasteiger partial charge is 0.273 e. The van der Waals surface area contributed by atoms with Crippen molar-refractivity contribution in [1.29, 1.82) is 0 Å². The minimum Gasteiger partial charge on any atom is -0.497 e. The average Bonchev–Trinajstić information content (AvgIpc) is 2.84. The molecule has 128 valence electrons. The Morgan fingerprint density at radius 3 is 2.24 bits per heavy atom. The third-order valence-corrected chi connectivity index (χ3v) is 4.38. The molecule has 3 rings (SSSR count). The van der Waals surface area contributed by atoms with Crippen LogP contribution in [-0.2, 0) is 16.0 Å². The number of ether oxygens (including phenoxy) is 1. The van der Waals surface area contributed by atoms with Crippen molar-refractivity contribution in [2.45, 2.75) is 6.42 Å². The molecular formula is C19H15ClFNO3. The highest BCUT2D eigenvalue weighted by Crippen LogP contribution is 2.32. The van der Waals surface area contributed by atoms with Gasteiger partial charge in [-0.2, -0.15) is 0 Å². The van der Waals surface area contributed by atoms with E-state index in [1.165, 1.54) is 12.1 Å². The van der Waals surface area contributed by atoms with Crippen LogP contribution in [0.5, 0.6) is 5.75 Å². The van der Waals surface area contributed by atoms with Crippen molar-refractivity contribution >= 4 is 29.0 Å². The summed E-state index contributed by atoms with van der Waals surface area (Å²) >= 11 is 6.12. The standard InChI is InChI=1S/C19H15ClFNO3/c1-25-15-8-4-13(5-9-15)16-17(20)19(24)22(18(16)23)11-10-12-2-6-14(21)7-3-12/h2-9H,10-11H2,1H3. The van der Waals surface area contributed by atoms with E-state index in [0.29, 0.717) is 17.7 Å². The number of rotatable bonds is 5. The molecule has 0 aromatic heterocycles. The van der Waals surface area contributed by atoms with Gasteiger partial charge in [0, 0.05) is 6.54 Å². The quantitative estimate of drug-likeness (QED) is 0.769. The topological polar surface area (TPSA) is 46.6 Å². The summed E-state index contributed by atoms with van der Waals surface area (Å²) in [5, 5.41) is -0.0886. The van der Waals surface area contributed by atoms with Crippen molar-refractivity contribution < 1.29 is 18.7 Å². The number of benzene rings is 2. The fourth-order valence-corrected chi connectivity index (χ4v) is 2.94. The minimum atomic E-state index is -0.514. The molecule has 0 saturated carbocycles. The second-order valence-electron chi connectivity index (χ2n) is 5.56. The van der Waals surface area contributed by atoms with Crippen LogP contribution in [-0.4, -0.2) is 30.4 Å². The third kappa shape index (κ3) is 3.42. The first-order valence-electron chi connectivity index (χ1n) is 7.66. The maximum atomic E-state index is 12.9. The van der Waals surface area contributed by atoms with Crippen molar-refractivity contribution in [2.24, 2.45) is 0 Å². The molecule has 0 bridgehead atoms. The number of carbonyl (C=O) groups excluding carboxylic acids is 2. The Hall–Kier alpha value is -2.66. The van der Waals surface area contributed by atoms with Crippen LogP contribution in [0.1, 0.15) is 11.1 Å². The van der Waals surface area contributed by atoms with E-state index in [9.17, 15) is 14.0 Å². The predicted octanol–water partition coefficient (Wildman–Crippen LogP) is 3.40. The van der Waals surface area contributed by atoms with E-state index in [1.54, 1.807) is 43.5 Å². The summed E-state index contributed by atoms with van der Waals surface area (Å²) < 4.78 is 18.0. The van der Waals surface area contributed by atoms with Gasteiger partial charge in [-0.25, -0.2) is 4.39 Å². The maximum absolute atomic E-state index is 12.9. The molecule has 0 saturated heterocycles. The van der Waals surface area contributed by atoms with Crippen molar-refractivity contribution in [3.05, 3.63) is 70.5 Å². The largest absolute Gasteiger partial charge is 0.497 e. The van der Waals surface area contributed by atoms with E-state index < -0.39 is 11.8 Å². The number of methoxy groups -OCH3 is 1. The number of amides is 2. The lowest BCUT2D eigenvalue weighted by Gasteiger charge is -2.14. The SMILES string of the molecule is COc1ccc(C2=C(Cl)C(=O)N(CCc3ccc(F)cc3)C2=O)cc1. The van der Waals surface area contributed by atoms with Crippen LogP contribution in [0, 0.1) is 5.82 Å². The van der Waals surface area contributed by atoms with Gasteiger partial charge in [0.05, 0.1) is 12.7 Å². The highest BCUT2D eigenvalue weighted by atomic mass is 35.5. The van der Waals surface area contributed by atoms with Crippen LogP contribution in [0.4, 0.5) is 4.39 Å². The summed E-state index contributed by atoms with van der Waals surface area (Å²) in [5.74, 6) is -0.629. The molecule has 6 heteroatoms. The second kappa shape index (κ2) is 7.07. The molecule has 1 aliphatic heterocycles. The summed E-state index contributed by atoms with van der Waals surface area (Å²) in [4.78, 5) is 26.1. The summed E-state index contributed by atoms with van der Waals surface area (Å²) in [6.07, 6.45) is 0.428. The van der Waals surface area contributed by atoms with Crippen LogP contribution in [0.3, 0.4) is 0 Å². The molecule has 0 N–H and O–H groups in total. The lowest BCUT2D eigenvalue weighted by atomic mass is 10.1. The predicted molar refractivity (Wildman–Crippen MR) is 92.6 cm³/mol. The molecule has 2 aromatic rings. The van der Waals surface area contributed by atoms with Gasteiger partial charge in [0.2, 0.25) is 0 Å². The fourth-order valence-electron chi connectivity index (χ4n) is 2.65. The van der Waals surface area contributed by atoms with Crippen LogP contribution in [0.2, 0.25) is 0 Å². The molecular weight excluding hydrogens is 345 g/mol. The number of carbonyl (C=O) groups is 2. The summed E-state index contributed by atoms with van der Waals surface area (Å²) in [5.41, 5.74) is 1.58. The Morgan fingerprint density at radius 2 is 1.64 bits per heavy atom. The van der Waals surface area contributed by atoms with Gasteiger partial charge >= 0.3 is 0 Å². The summed E-state index contributed by atoms with van der Waals surface area (Å²) in [6.45, 7) is 0.180. The molecule has 25 heavy (non-hydrogen) atoms. The molecule has 0 aliphatic carbocycles. The molecule has 0 unspecified atom stereocenters. The van der Waals surface area contributed by atoms with Crippen LogP contribution >= 0.6 is 11.6 Å². The molecule has 4 nitrogen and oxygen atoms in total. The third-order valence-electron chi connectivity index (χ3n) is 4.03. The molecule has 1 heterocycles. The molecule has 0 radical (unpaired) electrons. The molecule has 0 atom stereocenters. The van der Waals surface area contributed by atoms with Crippen molar-refractivity contribution in [1.82, 2.24) is 4.90 Å². The lowest BCUT2D eigenvalue weighted by molar-refractivity contribution is -0.136. The first kappa shape index (κ1) is 17.2. The van der Waals surface area contributed by atoms with Crippen molar-refractivity contribution in [2.75, 3.05) is 13.7 Å². The van der Waals surface area contributed by atoms with Gasteiger partial charge in [-0.05, 0) is 41.8 Å². The van der Waals surface area contributed by atoms with E-state index in [0.717, 1.165) is 10.5 Å². The van der Waals surface area contributed by atoms with Gasteiger partial charge in [0.15, 0.2) is 0 Å². The van der Waals surface area contributed by atoms with E-state index in [1.807, 2.05) is 0 Å². The van der Waals surface area contributed by atoms with Crippen molar-refractivity contribution in [3.63, 3.8) is 0 Å². The highest BCUT2D eigenvalue weighted by molar-refractivity contribution is 6.55. The zero-order valence-corrected chi connectivity index (χ0v) is 14.2. The normalized spacial score (nSPS) is 14.4. The van der Waals surface area contributed by atoms with Crippen LogP contribution in [0.15, 0.2) is 53.6 Å². The van der Waals surface area contributed by atoms with E-state index in [4.69, 9.17) is 16.3 Å². The minimum absolute atomic E-state index is 0.0886. The van der Waals surface area contributed by atoms with Gasteiger partial charge in [-0.15, -0.1) is 0 Å². The fraction of sp³-hybridized carbons (Fsp3) is 0.158. The van der Waals surface area contributed by atoms with Gasteiger partial charge in [0.25, 0.3) is 11.8 Å². The summed E-state index contributed by atoms with van der Waals surface area (Å²) in [7, 11) is 1.54. The Balaban J connectivity index is 1.77. The van der Waals surface area contributed by atoms with Crippen molar-refractivity contribution in [3.8, 4) is 5.75 Å². The molecule has 2 amide bonds. The highest BCUT2D eigenvalue weighted by Gasteiger charge is 2.37. The Labute approximate surface area is 149 Å². The second-order valence-corrected chi connectivity index (χ2v) is 5.93. The summed E-state index contributed by atoms with van der Waals surface area (Å²) in [6, 6.07) is 12.7. The lowest BCUT2D eigenvalue weighted by Crippen LogP contribution is -2.33. The van der Waals surface area contributed by atoms with Gasteiger partial charge < -0.3 is 4.74 Å². The number of hydrogen-bond acceptors (Lipinski definition) is 3. The monoisotopic (exact) mass is 359 g/mol. The van der Waals surface area contributed by atoms with Gasteiger partial charge in [-0.3, -0.25) is 14.5 Å².